The van der Waals surface area contributed by atoms with Crippen LogP contribution in [0.4, 0.5) is 0 Å². The normalized spacial score (nSPS) is 9.42. The van der Waals surface area contributed by atoms with E-state index in [2.05, 4.69) is 32.0 Å². The third-order valence-corrected chi connectivity index (χ3v) is 2.96. The molecule has 0 amide bonds. The van der Waals surface area contributed by atoms with Crippen molar-refractivity contribution in [3.8, 4) is 5.75 Å². The number of methoxy groups -OCH3 is 1. The Hall–Kier alpha value is -1.76. The van der Waals surface area contributed by atoms with Gasteiger partial charge in [0.15, 0.2) is 0 Å². The van der Waals surface area contributed by atoms with Crippen LogP contribution in [0.5, 0.6) is 5.75 Å². The van der Waals surface area contributed by atoms with Gasteiger partial charge >= 0.3 is 0 Å². The topological polar surface area (TPSA) is 9.23 Å². The number of unbranched alkanes of at least 4 members (excludes halogenated alkanes) is 1. The first-order chi connectivity index (χ1) is 9.27. The van der Waals surface area contributed by atoms with Crippen LogP contribution in [0.1, 0.15) is 30.9 Å². The molecule has 0 spiro atoms. The molecule has 0 aliphatic rings. The first kappa shape index (κ1) is 15.3. The van der Waals surface area contributed by atoms with Crippen LogP contribution < -0.4 is 4.74 Å². The lowest BCUT2D eigenvalue weighted by Crippen LogP contribution is -1.90. The summed E-state index contributed by atoms with van der Waals surface area (Å²) >= 11 is 0. The summed E-state index contributed by atoms with van der Waals surface area (Å²) in [6, 6.07) is 18.5. The molecule has 2 aromatic carbocycles. The largest absolute Gasteiger partial charge is 0.496 e. The van der Waals surface area contributed by atoms with Crippen LogP contribution in [-0.4, -0.2) is 7.11 Å². The van der Waals surface area contributed by atoms with Gasteiger partial charge in [-0.15, -0.1) is 0 Å². The first-order valence-electron chi connectivity index (χ1n) is 6.91. The highest BCUT2D eigenvalue weighted by Crippen LogP contribution is 2.19. The summed E-state index contributed by atoms with van der Waals surface area (Å²) in [5, 5.41) is 0. The zero-order valence-electron chi connectivity index (χ0n) is 12.2. The van der Waals surface area contributed by atoms with E-state index in [4.69, 9.17) is 4.74 Å². The van der Waals surface area contributed by atoms with Gasteiger partial charge in [0.2, 0.25) is 0 Å². The van der Waals surface area contributed by atoms with Crippen molar-refractivity contribution in [1.82, 2.24) is 0 Å². The molecule has 0 fully saturated rings. The van der Waals surface area contributed by atoms with Crippen molar-refractivity contribution in [2.24, 2.45) is 0 Å². The van der Waals surface area contributed by atoms with Gasteiger partial charge < -0.3 is 4.74 Å². The Balaban J connectivity index is 0.000000250. The van der Waals surface area contributed by atoms with E-state index >= 15 is 0 Å². The molecule has 102 valence electrons. The van der Waals surface area contributed by atoms with Gasteiger partial charge in [-0.3, -0.25) is 0 Å². The molecule has 0 aromatic heterocycles. The van der Waals surface area contributed by atoms with E-state index in [0.717, 1.165) is 12.2 Å². The Morgan fingerprint density at radius 2 is 1.53 bits per heavy atom. The fourth-order valence-electron chi connectivity index (χ4n) is 1.79. The SMILES string of the molecule is CCCCc1ccc(C)c(OC)c1.c1ccccc1. The van der Waals surface area contributed by atoms with Crippen LogP contribution >= 0.6 is 0 Å². The highest BCUT2D eigenvalue weighted by molar-refractivity contribution is 5.36. The van der Waals surface area contributed by atoms with Crippen LogP contribution in [0.2, 0.25) is 0 Å². The van der Waals surface area contributed by atoms with E-state index < -0.39 is 0 Å². The molecule has 0 unspecified atom stereocenters. The Morgan fingerprint density at radius 3 is 2.00 bits per heavy atom. The summed E-state index contributed by atoms with van der Waals surface area (Å²) in [5.74, 6) is 1.01. The predicted molar refractivity (Wildman–Crippen MR) is 82.8 cm³/mol. The standard InChI is InChI=1S/C12H18O.C6H6/c1-4-5-6-11-8-7-10(2)12(9-11)13-3;1-2-4-6-5-3-1/h7-9H,4-6H2,1-3H3;1-6H. The number of hydrogen-bond acceptors (Lipinski definition) is 1. The predicted octanol–water partition coefficient (Wildman–Crippen LogP) is 5.03. The molecule has 0 bridgehead atoms. The van der Waals surface area contributed by atoms with Crippen LogP contribution in [0.3, 0.4) is 0 Å². The number of ether oxygens (including phenoxy) is 1. The van der Waals surface area contributed by atoms with E-state index in [9.17, 15) is 0 Å². The molecule has 0 radical (unpaired) electrons. The Morgan fingerprint density at radius 1 is 0.947 bits per heavy atom. The summed E-state index contributed by atoms with van der Waals surface area (Å²) in [6.07, 6.45) is 3.66. The molecule has 2 aromatic rings. The fraction of sp³-hybridized carbons (Fsp3) is 0.333. The van der Waals surface area contributed by atoms with Gasteiger partial charge in [-0.2, -0.15) is 0 Å². The quantitative estimate of drug-likeness (QED) is 0.745. The molecule has 1 nitrogen and oxygen atoms in total. The maximum absolute atomic E-state index is 5.27. The van der Waals surface area contributed by atoms with Gasteiger partial charge in [0.25, 0.3) is 0 Å². The average Bonchev–Trinajstić information content (AvgIpc) is 2.49. The average molecular weight is 256 g/mol. The van der Waals surface area contributed by atoms with E-state index in [1.807, 2.05) is 36.4 Å². The highest BCUT2D eigenvalue weighted by atomic mass is 16.5. The molecule has 0 aliphatic heterocycles. The molecule has 0 heterocycles. The number of hydrogen-bond donors (Lipinski definition) is 0. The van der Waals surface area contributed by atoms with Gasteiger partial charge in [-0.25, -0.2) is 0 Å². The first-order valence-corrected chi connectivity index (χ1v) is 6.91. The van der Waals surface area contributed by atoms with Crippen LogP contribution in [0, 0.1) is 6.92 Å². The van der Waals surface area contributed by atoms with Crippen molar-refractivity contribution < 1.29 is 4.74 Å². The Labute approximate surface area is 117 Å². The third kappa shape index (κ3) is 6.10. The van der Waals surface area contributed by atoms with E-state index in [0.29, 0.717) is 0 Å². The number of rotatable bonds is 4. The lowest BCUT2D eigenvalue weighted by atomic mass is 10.1. The highest BCUT2D eigenvalue weighted by Gasteiger charge is 1.99. The second-order valence-corrected chi connectivity index (χ2v) is 4.56. The molecular formula is C18H24O. The second kappa shape index (κ2) is 9.21. The molecule has 0 aliphatic carbocycles. The summed E-state index contributed by atoms with van der Waals surface area (Å²) in [7, 11) is 1.73. The number of aryl methyl sites for hydroxylation is 2. The fourth-order valence-corrected chi connectivity index (χ4v) is 1.79. The van der Waals surface area contributed by atoms with E-state index in [1.165, 1.54) is 24.0 Å². The number of benzene rings is 2. The molecule has 1 heteroatoms. The van der Waals surface area contributed by atoms with Gasteiger partial charge in [0, 0.05) is 0 Å². The second-order valence-electron chi connectivity index (χ2n) is 4.56. The third-order valence-electron chi connectivity index (χ3n) is 2.96. The summed E-state index contributed by atoms with van der Waals surface area (Å²) in [5.41, 5.74) is 2.59. The van der Waals surface area contributed by atoms with Crippen molar-refractivity contribution in [2.75, 3.05) is 7.11 Å². The minimum absolute atomic E-state index is 1.01. The van der Waals surface area contributed by atoms with Crippen molar-refractivity contribution in [2.45, 2.75) is 33.1 Å². The maximum Gasteiger partial charge on any atom is 0.122 e. The van der Waals surface area contributed by atoms with Gasteiger partial charge in [-0.05, 0) is 37.0 Å². The van der Waals surface area contributed by atoms with Gasteiger partial charge in [-0.1, -0.05) is 61.9 Å². The Bertz CT molecular complexity index is 422. The summed E-state index contributed by atoms with van der Waals surface area (Å²) in [6.45, 7) is 4.29. The van der Waals surface area contributed by atoms with Crippen molar-refractivity contribution >= 4 is 0 Å². The smallest absolute Gasteiger partial charge is 0.122 e. The minimum atomic E-state index is 1.01. The molecule has 2 rings (SSSR count). The molecule has 0 saturated heterocycles. The molecule has 0 N–H and O–H groups in total. The Kier molecular flexibility index (Phi) is 7.41. The molecule has 0 saturated carbocycles. The van der Waals surface area contributed by atoms with Crippen LogP contribution in [-0.2, 0) is 6.42 Å². The lowest BCUT2D eigenvalue weighted by Gasteiger charge is -2.06. The van der Waals surface area contributed by atoms with E-state index in [1.54, 1.807) is 7.11 Å². The van der Waals surface area contributed by atoms with Crippen LogP contribution in [0.25, 0.3) is 0 Å². The summed E-state index contributed by atoms with van der Waals surface area (Å²) < 4.78 is 5.27. The van der Waals surface area contributed by atoms with Crippen molar-refractivity contribution in [3.05, 3.63) is 65.7 Å². The van der Waals surface area contributed by atoms with Crippen LogP contribution in [0.15, 0.2) is 54.6 Å². The zero-order valence-corrected chi connectivity index (χ0v) is 12.2. The summed E-state index contributed by atoms with van der Waals surface area (Å²) in [4.78, 5) is 0. The maximum atomic E-state index is 5.27. The molecule has 19 heavy (non-hydrogen) atoms. The molecular weight excluding hydrogens is 232 g/mol. The van der Waals surface area contributed by atoms with Gasteiger partial charge in [0.05, 0.1) is 7.11 Å². The van der Waals surface area contributed by atoms with Crippen molar-refractivity contribution in [3.63, 3.8) is 0 Å². The monoisotopic (exact) mass is 256 g/mol. The van der Waals surface area contributed by atoms with E-state index in [-0.39, 0.29) is 0 Å². The zero-order chi connectivity index (χ0) is 13.9. The minimum Gasteiger partial charge on any atom is -0.496 e. The van der Waals surface area contributed by atoms with Crippen molar-refractivity contribution in [1.29, 1.82) is 0 Å². The lowest BCUT2D eigenvalue weighted by molar-refractivity contribution is 0.411. The van der Waals surface area contributed by atoms with Gasteiger partial charge in [0.1, 0.15) is 5.75 Å². The molecule has 0 atom stereocenters.